The molecule has 0 saturated carbocycles. The minimum Gasteiger partial charge on any atom is -0.278 e. The summed E-state index contributed by atoms with van der Waals surface area (Å²) < 4.78 is 39.1. The van der Waals surface area contributed by atoms with E-state index in [1.165, 1.54) is 12.1 Å². The molecule has 2 rings (SSSR count). The Hall–Kier alpha value is -1.30. The molecule has 1 N–H and O–H groups in total. The molecule has 0 unspecified atom stereocenters. The van der Waals surface area contributed by atoms with Gasteiger partial charge in [-0.05, 0) is 42.5 Å². The number of halogens is 3. The van der Waals surface area contributed by atoms with Crippen molar-refractivity contribution in [3.8, 4) is 0 Å². The van der Waals surface area contributed by atoms with Crippen LogP contribution >= 0.6 is 23.2 Å². The van der Waals surface area contributed by atoms with E-state index in [9.17, 15) is 12.8 Å². The van der Waals surface area contributed by atoms with Crippen LogP contribution in [0.4, 0.5) is 10.1 Å². The Labute approximate surface area is 120 Å². The van der Waals surface area contributed by atoms with Crippen molar-refractivity contribution in [2.24, 2.45) is 0 Å². The lowest BCUT2D eigenvalue weighted by molar-refractivity contribution is 0.599. The summed E-state index contributed by atoms with van der Waals surface area (Å²) in [6.07, 6.45) is 0. The summed E-state index contributed by atoms with van der Waals surface area (Å²) in [6, 6.07) is 8.87. The van der Waals surface area contributed by atoms with Gasteiger partial charge in [0.05, 0.1) is 15.6 Å². The molecule has 0 radical (unpaired) electrons. The van der Waals surface area contributed by atoms with Crippen LogP contribution in [0, 0.1) is 5.82 Å². The van der Waals surface area contributed by atoms with E-state index in [1.54, 1.807) is 6.07 Å². The molecule has 0 aliphatic rings. The van der Waals surface area contributed by atoms with E-state index in [-0.39, 0.29) is 15.6 Å². The largest absolute Gasteiger partial charge is 0.278 e. The molecular weight excluding hydrogens is 312 g/mol. The monoisotopic (exact) mass is 319 g/mol. The van der Waals surface area contributed by atoms with Gasteiger partial charge >= 0.3 is 0 Å². The topological polar surface area (TPSA) is 46.2 Å². The summed E-state index contributed by atoms with van der Waals surface area (Å²) in [5, 5.41) is 0.566. The van der Waals surface area contributed by atoms with Crippen molar-refractivity contribution in [1.82, 2.24) is 0 Å². The predicted molar refractivity (Wildman–Crippen MR) is 73.7 cm³/mol. The lowest BCUT2D eigenvalue weighted by atomic mass is 10.3. The summed E-state index contributed by atoms with van der Waals surface area (Å²) in [7, 11) is -3.83. The van der Waals surface area contributed by atoms with Gasteiger partial charge in [0.1, 0.15) is 5.82 Å². The molecular formula is C12H8Cl2FNO2S. The molecule has 3 nitrogen and oxygen atoms in total. The van der Waals surface area contributed by atoms with Crippen LogP contribution in [0.15, 0.2) is 47.4 Å². The zero-order valence-electron chi connectivity index (χ0n) is 9.40. The standard InChI is InChI=1S/C12H8Cl2FNO2S/c13-8-1-6-11(14)12(7-8)16-19(17,18)10-4-2-9(15)3-5-10/h1-7,16H. The molecule has 100 valence electrons. The first-order chi connectivity index (χ1) is 8.88. The quantitative estimate of drug-likeness (QED) is 0.931. The van der Waals surface area contributed by atoms with Crippen molar-refractivity contribution in [2.75, 3.05) is 4.72 Å². The van der Waals surface area contributed by atoms with E-state index in [0.717, 1.165) is 24.3 Å². The highest BCUT2D eigenvalue weighted by Gasteiger charge is 2.15. The SMILES string of the molecule is O=S(=O)(Nc1cc(Cl)ccc1Cl)c1ccc(F)cc1. The van der Waals surface area contributed by atoms with E-state index in [4.69, 9.17) is 23.2 Å². The van der Waals surface area contributed by atoms with Gasteiger partial charge in [0.25, 0.3) is 10.0 Å². The van der Waals surface area contributed by atoms with Crippen molar-refractivity contribution in [1.29, 1.82) is 0 Å². The summed E-state index contributed by atoms with van der Waals surface area (Å²) >= 11 is 11.6. The van der Waals surface area contributed by atoms with Crippen molar-refractivity contribution < 1.29 is 12.8 Å². The highest BCUT2D eigenvalue weighted by Crippen LogP contribution is 2.27. The molecule has 2 aromatic carbocycles. The number of nitrogens with one attached hydrogen (secondary N) is 1. The van der Waals surface area contributed by atoms with Gasteiger partial charge in [-0.15, -0.1) is 0 Å². The molecule has 0 aliphatic heterocycles. The van der Waals surface area contributed by atoms with Gasteiger partial charge in [-0.3, -0.25) is 4.72 Å². The first-order valence-electron chi connectivity index (χ1n) is 5.12. The Bertz CT molecular complexity index is 702. The van der Waals surface area contributed by atoms with Crippen molar-refractivity contribution >= 4 is 38.9 Å². The summed E-state index contributed by atoms with van der Waals surface area (Å²) in [6.45, 7) is 0. The molecule has 0 saturated heterocycles. The minimum atomic E-state index is -3.83. The van der Waals surface area contributed by atoms with Gasteiger partial charge in [-0.1, -0.05) is 23.2 Å². The average molecular weight is 320 g/mol. The lowest BCUT2D eigenvalue weighted by Crippen LogP contribution is -2.13. The molecule has 19 heavy (non-hydrogen) atoms. The average Bonchev–Trinajstić information content (AvgIpc) is 2.34. The van der Waals surface area contributed by atoms with Gasteiger partial charge in [0.15, 0.2) is 0 Å². The zero-order valence-corrected chi connectivity index (χ0v) is 11.7. The van der Waals surface area contributed by atoms with E-state index < -0.39 is 15.8 Å². The molecule has 0 fully saturated rings. The second-order valence-corrected chi connectivity index (χ2v) is 6.21. The number of hydrogen-bond donors (Lipinski definition) is 1. The molecule has 2 aromatic rings. The maximum atomic E-state index is 12.8. The number of rotatable bonds is 3. The third-order valence-electron chi connectivity index (χ3n) is 2.30. The fourth-order valence-corrected chi connectivity index (χ4v) is 2.86. The van der Waals surface area contributed by atoms with Crippen LogP contribution in [0.2, 0.25) is 10.0 Å². The van der Waals surface area contributed by atoms with Crippen LogP contribution in [-0.4, -0.2) is 8.42 Å². The third kappa shape index (κ3) is 3.37. The first-order valence-corrected chi connectivity index (χ1v) is 7.36. The number of benzene rings is 2. The Morgan fingerprint density at radius 3 is 2.26 bits per heavy atom. The smallest absolute Gasteiger partial charge is 0.261 e. The number of anilines is 1. The molecule has 7 heteroatoms. The van der Waals surface area contributed by atoms with Gasteiger partial charge in [0, 0.05) is 5.02 Å². The third-order valence-corrected chi connectivity index (χ3v) is 4.24. The summed E-state index contributed by atoms with van der Waals surface area (Å²) in [5.74, 6) is -0.514. The van der Waals surface area contributed by atoms with Crippen LogP contribution in [0.25, 0.3) is 0 Å². The molecule has 0 spiro atoms. The van der Waals surface area contributed by atoms with E-state index in [1.807, 2.05) is 0 Å². The van der Waals surface area contributed by atoms with Gasteiger partial charge in [0.2, 0.25) is 0 Å². The van der Waals surface area contributed by atoms with Crippen LogP contribution in [0.5, 0.6) is 0 Å². The maximum Gasteiger partial charge on any atom is 0.261 e. The Morgan fingerprint density at radius 2 is 1.63 bits per heavy atom. The van der Waals surface area contributed by atoms with Crippen LogP contribution < -0.4 is 4.72 Å². The second kappa shape index (κ2) is 5.36. The van der Waals surface area contributed by atoms with E-state index in [2.05, 4.69) is 4.72 Å². The fourth-order valence-electron chi connectivity index (χ4n) is 1.39. The highest BCUT2D eigenvalue weighted by atomic mass is 35.5. The Morgan fingerprint density at radius 1 is 1.00 bits per heavy atom. The van der Waals surface area contributed by atoms with Crippen molar-refractivity contribution in [3.63, 3.8) is 0 Å². The molecule has 0 bridgehead atoms. The highest BCUT2D eigenvalue weighted by molar-refractivity contribution is 7.92. The van der Waals surface area contributed by atoms with Crippen LogP contribution in [-0.2, 0) is 10.0 Å². The van der Waals surface area contributed by atoms with E-state index >= 15 is 0 Å². The van der Waals surface area contributed by atoms with Crippen molar-refractivity contribution in [3.05, 3.63) is 58.3 Å². The first kappa shape index (κ1) is 14.1. The molecule has 0 aliphatic carbocycles. The second-order valence-electron chi connectivity index (χ2n) is 3.68. The zero-order chi connectivity index (χ0) is 14.0. The molecule has 0 amide bonds. The molecule has 0 aromatic heterocycles. The van der Waals surface area contributed by atoms with Gasteiger partial charge in [-0.25, -0.2) is 12.8 Å². The van der Waals surface area contributed by atoms with Gasteiger partial charge < -0.3 is 0 Å². The summed E-state index contributed by atoms with van der Waals surface area (Å²) in [4.78, 5) is -0.0649. The van der Waals surface area contributed by atoms with Crippen LogP contribution in [0.1, 0.15) is 0 Å². The molecule has 0 heterocycles. The lowest BCUT2D eigenvalue weighted by Gasteiger charge is -2.09. The minimum absolute atomic E-state index is 0.0649. The predicted octanol–water partition coefficient (Wildman–Crippen LogP) is 3.93. The summed E-state index contributed by atoms with van der Waals surface area (Å²) in [5.41, 5.74) is 0.165. The van der Waals surface area contributed by atoms with Crippen LogP contribution in [0.3, 0.4) is 0 Å². The van der Waals surface area contributed by atoms with Crippen molar-refractivity contribution in [2.45, 2.75) is 4.90 Å². The number of sulfonamides is 1. The normalized spacial score (nSPS) is 11.3. The maximum absolute atomic E-state index is 12.8. The van der Waals surface area contributed by atoms with E-state index in [0.29, 0.717) is 5.02 Å². The Balaban J connectivity index is 2.36. The molecule has 0 atom stereocenters. The number of hydrogen-bond acceptors (Lipinski definition) is 2. The van der Waals surface area contributed by atoms with Gasteiger partial charge in [-0.2, -0.15) is 0 Å². The Kier molecular flexibility index (Phi) is 3.99. The fraction of sp³-hybridized carbons (Fsp3) is 0.